The van der Waals surface area contributed by atoms with E-state index in [1.54, 1.807) is 13.8 Å². The minimum absolute atomic E-state index is 0.129. The van der Waals surface area contributed by atoms with E-state index in [0.29, 0.717) is 10.3 Å². The van der Waals surface area contributed by atoms with Crippen LogP contribution in [-0.4, -0.2) is 36.7 Å². The van der Waals surface area contributed by atoms with E-state index < -0.39 is 20.5 Å². The van der Waals surface area contributed by atoms with Crippen LogP contribution >= 0.6 is 15.9 Å². The van der Waals surface area contributed by atoms with E-state index in [1.807, 2.05) is 0 Å². The number of nitro groups is 1. The van der Waals surface area contributed by atoms with Crippen LogP contribution in [0.5, 0.6) is 0 Å². The second kappa shape index (κ2) is 6.02. The molecule has 0 fully saturated rings. The maximum Gasteiger partial charge on any atom is 0.288 e. The van der Waals surface area contributed by atoms with E-state index in [4.69, 9.17) is 0 Å². The molecule has 112 valence electrons. The van der Waals surface area contributed by atoms with Gasteiger partial charge in [0.1, 0.15) is 12.0 Å². The lowest BCUT2D eigenvalue weighted by atomic mass is 10.1. The maximum absolute atomic E-state index is 11.2. The molecule has 8 nitrogen and oxygen atoms in total. The third-order valence-electron chi connectivity index (χ3n) is 2.20. The molecule has 2 N–H and O–H groups in total. The molecule has 0 spiro atoms. The van der Waals surface area contributed by atoms with Gasteiger partial charge < -0.3 is 5.32 Å². The zero-order valence-corrected chi connectivity index (χ0v) is 13.6. The van der Waals surface area contributed by atoms with Crippen molar-refractivity contribution in [3.05, 3.63) is 26.9 Å². The van der Waals surface area contributed by atoms with E-state index in [2.05, 4.69) is 31.0 Å². The van der Waals surface area contributed by atoms with Gasteiger partial charge in [-0.2, -0.15) is 0 Å². The third kappa shape index (κ3) is 5.39. The summed E-state index contributed by atoms with van der Waals surface area (Å²) in [6.07, 6.45) is 2.21. The number of aromatic nitrogens is 1. The molecule has 0 saturated carbocycles. The Morgan fingerprint density at radius 3 is 2.55 bits per heavy atom. The van der Waals surface area contributed by atoms with Gasteiger partial charge >= 0.3 is 0 Å². The summed E-state index contributed by atoms with van der Waals surface area (Å²) >= 11 is 3.18. The molecule has 1 heterocycles. The molecule has 1 aromatic heterocycles. The van der Waals surface area contributed by atoms with Crippen LogP contribution in [0.15, 0.2) is 16.7 Å². The quantitative estimate of drug-likeness (QED) is 0.582. The average Bonchev–Trinajstić information content (AvgIpc) is 2.23. The fourth-order valence-corrected chi connectivity index (χ4v) is 3.05. The highest BCUT2D eigenvalue weighted by Gasteiger charge is 2.22. The Hall–Kier alpha value is -1.26. The van der Waals surface area contributed by atoms with Crippen LogP contribution in [0.4, 0.5) is 11.5 Å². The van der Waals surface area contributed by atoms with E-state index in [0.717, 1.165) is 12.5 Å². The predicted molar refractivity (Wildman–Crippen MR) is 79.1 cm³/mol. The summed E-state index contributed by atoms with van der Waals surface area (Å²) in [6, 6.07) is 1.33. The lowest BCUT2D eigenvalue weighted by Gasteiger charge is -2.25. The molecule has 0 amide bonds. The average molecular weight is 367 g/mol. The topological polar surface area (TPSA) is 114 Å². The number of hydrogen-bond acceptors (Lipinski definition) is 6. The molecule has 0 radical (unpaired) electrons. The summed E-state index contributed by atoms with van der Waals surface area (Å²) < 4.78 is 25.3. The van der Waals surface area contributed by atoms with Crippen LogP contribution in [-0.2, 0) is 10.0 Å². The van der Waals surface area contributed by atoms with Crippen LogP contribution in [0.3, 0.4) is 0 Å². The number of halogens is 1. The molecule has 0 aromatic carbocycles. The highest BCUT2D eigenvalue weighted by molar-refractivity contribution is 9.10. The lowest BCUT2D eigenvalue weighted by Crippen LogP contribution is -2.47. The minimum Gasteiger partial charge on any atom is -0.367 e. The monoisotopic (exact) mass is 366 g/mol. The van der Waals surface area contributed by atoms with Gasteiger partial charge in [-0.25, -0.2) is 18.1 Å². The molecular formula is C10H15BrN4O4S. The van der Waals surface area contributed by atoms with E-state index in [1.165, 1.54) is 6.07 Å². The first-order valence-corrected chi connectivity index (χ1v) is 8.21. The minimum atomic E-state index is -3.33. The molecule has 0 aliphatic carbocycles. The number of nitrogens with zero attached hydrogens (tertiary/aromatic N) is 2. The van der Waals surface area contributed by atoms with Gasteiger partial charge in [0.2, 0.25) is 10.0 Å². The van der Waals surface area contributed by atoms with Crippen LogP contribution in [0, 0.1) is 10.1 Å². The number of nitrogens with one attached hydrogen (secondary N) is 2. The van der Waals surface area contributed by atoms with Crippen molar-refractivity contribution in [3.63, 3.8) is 0 Å². The molecule has 10 heteroatoms. The van der Waals surface area contributed by atoms with Gasteiger partial charge in [0.25, 0.3) is 5.69 Å². The Labute approximate surface area is 125 Å². The van der Waals surface area contributed by atoms with Crippen molar-refractivity contribution in [3.8, 4) is 0 Å². The van der Waals surface area contributed by atoms with Gasteiger partial charge in [0, 0.05) is 18.2 Å². The smallest absolute Gasteiger partial charge is 0.288 e. The van der Waals surface area contributed by atoms with Crippen molar-refractivity contribution < 1.29 is 13.3 Å². The zero-order valence-electron chi connectivity index (χ0n) is 11.2. The summed E-state index contributed by atoms with van der Waals surface area (Å²) in [5.41, 5.74) is -0.854. The van der Waals surface area contributed by atoms with Gasteiger partial charge in [-0.15, -0.1) is 0 Å². The largest absolute Gasteiger partial charge is 0.367 e. The van der Waals surface area contributed by atoms with E-state index in [9.17, 15) is 18.5 Å². The van der Waals surface area contributed by atoms with E-state index in [-0.39, 0.29) is 12.2 Å². The van der Waals surface area contributed by atoms with Gasteiger partial charge in [-0.1, -0.05) is 0 Å². The molecule has 1 rings (SSSR count). The highest BCUT2D eigenvalue weighted by atomic mass is 79.9. The third-order valence-corrected chi connectivity index (χ3v) is 3.72. The molecular weight excluding hydrogens is 352 g/mol. The van der Waals surface area contributed by atoms with Crippen LogP contribution < -0.4 is 10.0 Å². The Bertz CT molecular complexity index is 618. The molecule has 0 bridgehead atoms. The number of rotatable bonds is 6. The summed E-state index contributed by atoms with van der Waals surface area (Å²) in [7, 11) is -3.33. The summed E-state index contributed by atoms with van der Waals surface area (Å²) in [5, 5.41) is 13.5. The van der Waals surface area contributed by atoms with Crippen LogP contribution in [0.1, 0.15) is 13.8 Å². The van der Waals surface area contributed by atoms with Crippen LogP contribution in [0.25, 0.3) is 0 Å². The number of pyridine rings is 1. The van der Waals surface area contributed by atoms with Gasteiger partial charge in [0.05, 0.1) is 15.7 Å². The van der Waals surface area contributed by atoms with Crippen molar-refractivity contribution in [2.75, 3.05) is 18.1 Å². The Kier molecular flexibility index (Phi) is 5.05. The Morgan fingerprint density at radius 2 is 2.10 bits per heavy atom. The SMILES string of the molecule is CC(C)(CNc1ncc([N+](=O)[O-])cc1Br)NS(C)(=O)=O. The molecule has 20 heavy (non-hydrogen) atoms. The molecule has 1 aromatic rings. The van der Waals surface area contributed by atoms with Crippen molar-refractivity contribution >= 4 is 37.5 Å². The molecule has 0 saturated heterocycles. The maximum atomic E-state index is 11.2. The fraction of sp³-hybridized carbons (Fsp3) is 0.500. The predicted octanol–water partition coefficient (Wildman–Crippen LogP) is 1.49. The zero-order chi connectivity index (χ0) is 15.6. The second-order valence-corrected chi connectivity index (χ2v) is 7.50. The number of sulfonamides is 1. The van der Waals surface area contributed by atoms with Crippen molar-refractivity contribution in [1.82, 2.24) is 9.71 Å². The Morgan fingerprint density at radius 1 is 1.50 bits per heavy atom. The van der Waals surface area contributed by atoms with Gasteiger partial charge in [-0.05, 0) is 29.8 Å². The molecule has 0 aliphatic heterocycles. The fourth-order valence-electron chi connectivity index (χ4n) is 1.50. The normalized spacial score (nSPS) is 12.2. The van der Waals surface area contributed by atoms with Crippen molar-refractivity contribution in [2.45, 2.75) is 19.4 Å². The van der Waals surface area contributed by atoms with Crippen molar-refractivity contribution in [2.24, 2.45) is 0 Å². The molecule has 0 atom stereocenters. The second-order valence-electron chi connectivity index (χ2n) is 4.89. The summed E-state index contributed by atoms with van der Waals surface area (Å²) in [5.74, 6) is 0.402. The Balaban J connectivity index is 2.78. The molecule has 0 unspecified atom stereocenters. The first kappa shape index (κ1) is 16.8. The van der Waals surface area contributed by atoms with E-state index >= 15 is 0 Å². The number of hydrogen-bond donors (Lipinski definition) is 2. The summed E-state index contributed by atoms with van der Waals surface area (Å²) in [4.78, 5) is 14.0. The van der Waals surface area contributed by atoms with Crippen molar-refractivity contribution in [1.29, 1.82) is 0 Å². The van der Waals surface area contributed by atoms with Gasteiger partial charge in [0.15, 0.2) is 0 Å². The standard InChI is InChI=1S/C10H15BrN4O4S/c1-10(2,14-20(3,18)19)6-13-9-8(11)4-7(5-12-9)15(16)17/h4-5,14H,6H2,1-3H3,(H,12,13). The number of anilines is 1. The highest BCUT2D eigenvalue weighted by Crippen LogP contribution is 2.24. The first-order valence-electron chi connectivity index (χ1n) is 5.53. The van der Waals surface area contributed by atoms with Gasteiger partial charge in [-0.3, -0.25) is 10.1 Å². The summed E-state index contributed by atoms with van der Waals surface area (Å²) in [6.45, 7) is 3.68. The molecule has 0 aliphatic rings. The van der Waals surface area contributed by atoms with Crippen LogP contribution in [0.2, 0.25) is 0 Å². The first-order chi connectivity index (χ1) is 9.00. The lowest BCUT2D eigenvalue weighted by molar-refractivity contribution is -0.385.